The molecule has 0 radical (unpaired) electrons. The topological polar surface area (TPSA) is 79.9 Å². The van der Waals surface area contributed by atoms with E-state index in [0.29, 0.717) is 49.0 Å². The number of halogens is 3. The van der Waals surface area contributed by atoms with Crippen LogP contribution in [0.15, 0.2) is 59.7 Å². The number of alkyl halides is 2. The third-order valence-electron chi connectivity index (χ3n) is 5.35. The first-order valence-electron chi connectivity index (χ1n) is 10.6. The minimum atomic E-state index is -2.59. The third kappa shape index (κ3) is 6.82. The van der Waals surface area contributed by atoms with Gasteiger partial charge in [0.15, 0.2) is 0 Å². The fraction of sp³-hybridized carbons (Fsp3) is 0.333. The van der Waals surface area contributed by atoms with Crippen LogP contribution in [-0.2, 0) is 0 Å². The van der Waals surface area contributed by atoms with E-state index in [0.717, 1.165) is 6.07 Å². The van der Waals surface area contributed by atoms with Crippen molar-refractivity contribution >= 4 is 17.3 Å². The number of likely N-dealkylation sites (tertiary alicyclic amines) is 1. The molecule has 1 amide bonds. The van der Waals surface area contributed by atoms with E-state index < -0.39 is 17.6 Å². The van der Waals surface area contributed by atoms with E-state index in [9.17, 15) is 18.0 Å². The fourth-order valence-electron chi connectivity index (χ4n) is 3.53. The molecule has 1 fully saturated rings. The third-order valence-corrected chi connectivity index (χ3v) is 5.35. The average molecular weight is 461 g/mol. The minimum absolute atomic E-state index is 0.147. The van der Waals surface area contributed by atoms with Crippen molar-refractivity contribution in [3.8, 4) is 5.75 Å². The standard InChI is InChI=1S/C24H27F3N4O2/c1-29-21(7-10-28)20-16-19(30-23(32)17-3-2-4-18(25)15-17)5-6-22(20)33-14-13-31-11-8-24(26,27)9-12-31/h2-7,10,15-16H,8-9,11-14,28H2,1H3,(H,30,32). The van der Waals surface area contributed by atoms with E-state index in [4.69, 9.17) is 10.5 Å². The highest BCUT2D eigenvalue weighted by Crippen LogP contribution is 2.28. The Balaban J connectivity index is 1.72. The number of amides is 1. The Bertz CT molecular complexity index is 1030. The monoisotopic (exact) mass is 460 g/mol. The Morgan fingerprint density at radius 1 is 1.24 bits per heavy atom. The van der Waals surface area contributed by atoms with Gasteiger partial charge in [-0.15, -0.1) is 0 Å². The quantitative estimate of drug-likeness (QED) is 0.582. The van der Waals surface area contributed by atoms with E-state index in [2.05, 4.69) is 10.3 Å². The van der Waals surface area contributed by atoms with E-state index in [1.54, 1.807) is 31.3 Å². The van der Waals surface area contributed by atoms with Crippen molar-refractivity contribution in [3.05, 3.63) is 71.7 Å². The number of carbonyl (C=O) groups is 1. The zero-order valence-electron chi connectivity index (χ0n) is 18.4. The highest BCUT2D eigenvalue weighted by molar-refractivity contribution is 6.12. The fourth-order valence-corrected chi connectivity index (χ4v) is 3.53. The second-order valence-electron chi connectivity index (χ2n) is 7.69. The lowest BCUT2D eigenvalue weighted by Crippen LogP contribution is -2.41. The summed E-state index contributed by atoms with van der Waals surface area (Å²) < 4.78 is 46.0. The van der Waals surface area contributed by atoms with Crippen LogP contribution in [0.25, 0.3) is 0 Å². The van der Waals surface area contributed by atoms with Crippen molar-refractivity contribution in [1.82, 2.24) is 4.90 Å². The lowest BCUT2D eigenvalue weighted by molar-refractivity contribution is -0.0564. The number of hydrogen-bond acceptors (Lipinski definition) is 5. The van der Waals surface area contributed by atoms with Crippen LogP contribution in [0.5, 0.6) is 5.75 Å². The molecule has 1 saturated heterocycles. The van der Waals surface area contributed by atoms with E-state index in [-0.39, 0.29) is 18.4 Å². The Morgan fingerprint density at radius 3 is 2.67 bits per heavy atom. The van der Waals surface area contributed by atoms with Crippen LogP contribution in [0.4, 0.5) is 18.9 Å². The van der Waals surface area contributed by atoms with Gasteiger partial charge >= 0.3 is 0 Å². The van der Waals surface area contributed by atoms with E-state index >= 15 is 0 Å². The maximum atomic E-state index is 13.4. The van der Waals surface area contributed by atoms with Crippen LogP contribution < -0.4 is 15.8 Å². The van der Waals surface area contributed by atoms with Crippen molar-refractivity contribution in [2.45, 2.75) is 18.8 Å². The molecule has 0 saturated carbocycles. The maximum Gasteiger partial charge on any atom is 0.255 e. The SMILES string of the molecule is CN=C(C=CN)c1cc(NC(=O)c2cccc(F)c2)ccc1OCCN1CCC(F)(F)CC1. The molecule has 0 aromatic heterocycles. The minimum Gasteiger partial charge on any atom is -0.492 e. The largest absolute Gasteiger partial charge is 0.492 e. The molecule has 9 heteroatoms. The number of nitrogens with one attached hydrogen (secondary N) is 1. The predicted molar refractivity (Wildman–Crippen MR) is 123 cm³/mol. The molecule has 0 unspecified atom stereocenters. The van der Waals surface area contributed by atoms with Crippen molar-refractivity contribution in [3.63, 3.8) is 0 Å². The first kappa shape index (κ1) is 24.3. The number of anilines is 1. The average Bonchev–Trinajstić information content (AvgIpc) is 2.79. The Kier molecular flexibility index (Phi) is 8.11. The highest BCUT2D eigenvalue weighted by atomic mass is 19.3. The van der Waals surface area contributed by atoms with Crippen molar-refractivity contribution in [1.29, 1.82) is 0 Å². The number of ether oxygens (including phenoxy) is 1. The molecule has 1 heterocycles. The maximum absolute atomic E-state index is 13.4. The zero-order valence-corrected chi connectivity index (χ0v) is 18.4. The lowest BCUT2D eigenvalue weighted by atomic mass is 10.1. The van der Waals surface area contributed by atoms with Gasteiger partial charge in [0.25, 0.3) is 11.8 Å². The normalized spacial score (nSPS) is 16.7. The van der Waals surface area contributed by atoms with Gasteiger partial charge < -0.3 is 15.8 Å². The second kappa shape index (κ2) is 11.0. The van der Waals surface area contributed by atoms with Gasteiger partial charge in [0.05, 0.1) is 5.71 Å². The van der Waals surface area contributed by atoms with Crippen molar-refractivity contribution < 1.29 is 22.7 Å². The Hall–Kier alpha value is -3.33. The number of piperidine rings is 1. The van der Waals surface area contributed by atoms with Gasteiger partial charge in [0, 0.05) is 56.3 Å². The lowest BCUT2D eigenvalue weighted by Gasteiger charge is -2.31. The zero-order chi connectivity index (χ0) is 23.8. The first-order valence-corrected chi connectivity index (χ1v) is 10.6. The van der Waals surface area contributed by atoms with Gasteiger partial charge in [0.1, 0.15) is 18.2 Å². The molecular formula is C24H27F3N4O2. The van der Waals surface area contributed by atoms with Crippen LogP contribution in [0.2, 0.25) is 0 Å². The van der Waals surface area contributed by atoms with Gasteiger partial charge in [-0.25, -0.2) is 13.2 Å². The molecule has 2 aromatic rings. The molecule has 3 rings (SSSR count). The number of allylic oxidation sites excluding steroid dienone is 1. The smallest absolute Gasteiger partial charge is 0.255 e. The summed E-state index contributed by atoms with van der Waals surface area (Å²) in [5.41, 5.74) is 7.34. The molecule has 0 spiro atoms. The van der Waals surface area contributed by atoms with Crippen LogP contribution >= 0.6 is 0 Å². The van der Waals surface area contributed by atoms with E-state index in [1.165, 1.54) is 24.4 Å². The van der Waals surface area contributed by atoms with Gasteiger partial charge in [-0.3, -0.25) is 14.7 Å². The molecule has 33 heavy (non-hydrogen) atoms. The number of nitrogens with zero attached hydrogens (tertiary/aromatic N) is 2. The summed E-state index contributed by atoms with van der Waals surface area (Å²) >= 11 is 0. The second-order valence-corrected chi connectivity index (χ2v) is 7.69. The van der Waals surface area contributed by atoms with E-state index in [1.807, 2.05) is 4.90 Å². The molecule has 0 bridgehead atoms. The Morgan fingerprint density at radius 2 is 2.00 bits per heavy atom. The number of benzene rings is 2. The first-order chi connectivity index (χ1) is 15.8. The van der Waals surface area contributed by atoms with Gasteiger partial charge in [-0.1, -0.05) is 6.07 Å². The van der Waals surface area contributed by atoms with Crippen molar-refractivity contribution in [2.24, 2.45) is 10.7 Å². The highest BCUT2D eigenvalue weighted by Gasteiger charge is 2.33. The van der Waals surface area contributed by atoms with Crippen molar-refractivity contribution in [2.75, 3.05) is 38.6 Å². The summed E-state index contributed by atoms with van der Waals surface area (Å²) in [6.07, 6.45) is 2.66. The molecule has 0 aliphatic carbocycles. The summed E-state index contributed by atoms with van der Waals surface area (Å²) in [5.74, 6) is -3.03. The van der Waals surface area contributed by atoms with Crippen LogP contribution in [0.1, 0.15) is 28.8 Å². The number of rotatable bonds is 8. The van der Waals surface area contributed by atoms with Crippen LogP contribution in [0, 0.1) is 5.82 Å². The summed E-state index contributed by atoms with van der Waals surface area (Å²) in [6, 6.07) is 10.4. The van der Waals surface area contributed by atoms with Gasteiger partial charge in [0.2, 0.25) is 0 Å². The summed E-state index contributed by atoms with van der Waals surface area (Å²) in [4.78, 5) is 18.7. The predicted octanol–water partition coefficient (Wildman–Crippen LogP) is 4.08. The van der Waals surface area contributed by atoms with Crippen LogP contribution in [0.3, 0.4) is 0 Å². The summed E-state index contributed by atoms with van der Waals surface area (Å²) in [6.45, 7) is 1.47. The van der Waals surface area contributed by atoms with Gasteiger partial charge in [-0.2, -0.15) is 0 Å². The molecule has 3 N–H and O–H groups in total. The molecule has 1 aliphatic heterocycles. The Labute approximate surface area is 190 Å². The molecule has 2 aromatic carbocycles. The number of aliphatic imine (C=N–C) groups is 1. The van der Waals surface area contributed by atoms with Crippen LogP contribution in [-0.4, -0.2) is 55.7 Å². The number of nitrogens with two attached hydrogens (primary N) is 1. The molecule has 176 valence electrons. The summed E-state index contributed by atoms with van der Waals surface area (Å²) in [7, 11) is 1.60. The number of hydrogen-bond donors (Lipinski definition) is 2. The molecular weight excluding hydrogens is 433 g/mol. The number of carbonyl (C=O) groups excluding carboxylic acids is 1. The molecule has 0 atom stereocenters. The molecule has 1 aliphatic rings. The molecule has 6 nitrogen and oxygen atoms in total. The van der Waals surface area contributed by atoms with Gasteiger partial charge in [-0.05, 0) is 48.7 Å². The summed E-state index contributed by atoms with van der Waals surface area (Å²) in [5, 5.41) is 2.74.